The van der Waals surface area contributed by atoms with Crippen molar-refractivity contribution in [2.45, 2.75) is 19.3 Å². The van der Waals surface area contributed by atoms with Gasteiger partial charge in [-0.05, 0) is 12.1 Å². The SMILES string of the molecule is CCC(F)(F)c1cccc(NC=O)c1. The second-order valence-corrected chi connectivity index (χ2v) is 2.90. The molecule has 0 saturated heterocycles. The lowest BCUT2D eigenvalue weighted by Gasteiger charge is -2.14. The predicted molar refractivity (Wildman–Crippen MR) is 50.3 cm³/mol. The van der Waals surface area contributed by atoms with Gasteiger partial charge in [-0.25, -0.2) is 8.78 Å². The Morgan fingerprint density at radius 3 is 2.79 bits per heavy atom. The predicted octanol–water partition coefficient (Wildman–Crippen LogP) is 2.76. The van der Waals surface area contributed by atoms with Crippen LogP contribution in [-0.4, -0.2) is 6.41 Å². The smallest absolute Gasteiger partial charge is 0.273 e. The van der Waals surface area contributed by atoms with Crippen LogP contribution in [0.25, 0.3) is 0 Å². The van der Waals surface area contributed by atoms with Crippen molar-refractivity contribution in [3.8, 4) is 0 Å². The summed E-state index contributed by atoms with van der Waals surface area (Å²) in [5.41, 5.74) is 0.303. The molecule has 2 nitrogen and oxygen atoms in total. The van der Waals surface area contributed by atoms with Crippen molar-refractivity contribution in [3.63, 3.8) is 0 Å². The third-order valence-corrected chi connectivity index (χ3v) is 1.95. The number of rotatable bonds is 4. The van der Waals surface area contributed by atoms with Crippen LogP contribution in [0.2, 0.25) is 0 Å². The normalized spacial score (nSPS) is 11.1. The quantitative estimate of drug-likeness (QED) is 0.742. The van der Waals surface area contributed by atoms with Gasteiger partial charge in [0.05, 0.1) is 0 Å². The summed E-state index contributed by atoms with van der Waals surface area (Å²) in [5.74, 6) is -2.83. The zero-order valence-electron chi connectivity index (χ0n) is 7.76. The van der Waals surface area contributed by atoms with Crippen LogP contribution in [0.1, 0.15) is 18.9 Å². The Morgan fingerprint density at radius 1 is 1.50 bits per heavy atom. The third-order valence-electron chi connectivity index (χ3n) is 1.95. The van der Waals surface area contributed by atoms with Gasteiger partial charge in [0.1, 0.15) is 0 Å². The highest BCUT2D eigenvalue weighted by molar-refractivity contribution is 5.71. The van der Waals surface area contributed by atoms with Crippen LogP contribution in [0.5, 0.6) is 0 Å². The maximum Gasteiger partial charge on any atom is 0.273 e. The second-order valence-electron chi connectivity index (χ2n) is 2.90. The first-order chi connectivity index (χ1) is 6.60. The van der Waals surface area contributed by atoms with Gasteiger partial charge >= 0.3 is 0 Å². The Balaban J connectivity index is 2.98. The summed E-state index contributed by atoms with van der Waals surface area (Å²) in [4.78, 5) is 10.1. The fourth-order valence-electron chi connectivity index (χ4n) is 1.11. The van der Waals surface area contributed by atoms with E-state index in [-0.39, 0.29) is 12.0 Å². The maximum atomic E-state index is 13.2. The highest BCUT2D eigenvalue weighted by Crippen LogP contribution is 2.32. The first-order valence-electron chi connectivity index (χ1n) is 4.28. The van der Waals surface area contributed by atoms with Crippen LogP contribution in [0, 0.1) is 0 Å². The molecule has 0 radical (unpaired) electrons. The molecule has 0 atom stereocenters. The fourth-order valence-corrected chi connectivity index (χ4v) is 1.11. The number of alkyl halides is 2. The van der Waals surface area contributed by atoms with Crippen LogP contribution >= 0.6 is 0 Å². The van der Waals surface area contributed by atoms with Crippen LogP contribution in [0.15, 0.2) is 24.3 Å². The van der Waals surface area contributed by atoms with Gasteiger partial charge in [-0.1, -0.05) is 19.1 Å². The summed E-state index contributed by atoms with van der Waals surface area (Å²) >= 11 is 0. The van der Waals surface area contributed by atoms with E-state index in [2.05, 4.69) is 5.32 Å². The molecule has 76 valence electrons. The monoisotopic (exact) mass is 199 g/mol. The fraction of sp³-hybridized carbons (Fsp3) is 0.300. The number of amides is 1. The minimum Gasteiger partial charge on any atom is -0.329 e. The highest BCUT2D eigenvalue weighted by atomic mass is 19.3. The highest BCUT2D eigenvalue weighted by Gasteiger charge is 2.28. The average molecular weight is 199 g/mol. The number of benzene rings is 1. The zero-order chi connectivity index (χ0) is 10.6. The molecule has 1 N–H and O–H groups in total. The molecule has 0 bridgehead atoms. The summed E-state index contributed by atoms with van der Waals surface area (Å²) in [6.07, 6.45) is 0.209. The molecular formula is C10H11F2NO. The van der Waals surface area contributed by atoms with Gasteiger partial charge in [-0.15, -0.1) is 0 Å². The van der Waals surface area contributed by atoms with E-state index < -0.39 is 5.92 Å². The van der Waals surface area contributed by atoms with E-state index in [1.54, 1.807) is 6.07 Å². The first kappa shape index (κ1) is 10.6. The van der Waals surface area contributed by atoms with Crippen molar-refractivity contribution < 1.29 is 13.6 Å². The van der Waals surface area contributed by atoms with Crippen molar-refractivity contribution in [1.82, 2.24) is 0 Å². The molecule has 14 heavy (non-hydrogen) atoms. The lowest BCUT2D eigenvalue weighted by Crippen LogP contribution is -2.11. The molecule has 1 aromatic rings. The van der Waals surface area contributed by atoms with Crippen LogP contribution < -0.4 is 5.32 Å². The van der Waals surface area contributed by atoms with Crippen molar-refractivity contribution in [2.75, 3.05) is 5.32 Å². The summed E-state index contributed by atoms with van der Waals surface area (Å²) in [7, 11) is 0. The van der Waals surface area contributed by atoms with E-state index in [1.165, 1.54) is 25.1 Å². The number of halogens is 2. The molecule has 0 aromatic heterocycles. The first-order valence-corrected chi connectivity index (χ1v) is 4.28. The number of hydrogen-bond acceptors (Lipinski definition) is 1. The second kappa shape index (κ2) is 4.17. The molecule has 0 aliphatic carbocycles. The molecule has 0 spiro atoms. The summed E-state index contributed by atoms with van der Waals surface area (Å²) in [6, 6.07) is 5.67. The zero-order valence-corrected chi connectivity index (χ0v) is 7.76. The van der Waals surface area contributed by atoms with Crippen LogP contribution in [0.4, 0.5) is 14.5 Å². The van der Waals surface area contributed by atoms with E-state index in [9.17, 15) is 13.6 Å². The molecule has 1 aromatic carbocycles. The summed E-state index contributed by atoms with van der Waals surface area (Å²) < 4.78 is 26.4. The molecule has 0 fully saturated rings. The largest absolute Gasteiger partial charge is 0.329 e. The van der Waals surface area contributed by atoms with Crippen molar-refractivity contribution in [1.29, 1.82) is 0 Å². The third kappa shape index (κ3) is 2.28. The van der Waals surface area contributed by atoms with Gasteiger partial charge < -0.3 is 5.32 Å². The Morgan fingerprint density at radius 2 is 2.21 bits per heavy atom. The Labute approximate surface area is 80.9 Å². The van der Waals surface area contributed by atoms with Gasteiger partial charge in [0.2, 0.25) is 6.41 Å². The van der Waals surface area contributed by atoms with Gasteiger partial charge in [0.15, 0.2) is 0 Å². The van der Waals surface area contributed by atoms with E-state index in [4.69, 9.17) is 0 Å². The van der Waals surface area contributed by atoms with Crippen molar-refractivity contribution >= 4 is 12.1 Å². The molecule has 4 heteroatoms. The number of nitrogens with one attached hydrogen (secondary N) is 1. The summed E-state index contributed by atoms with van der Waals surface area (Å²) in [6.45, 7) is 1.42. The van der Waals surface area contributed by atoms with E-state index in [1.807, 2.05) is 0 Å². The minimum atomic E-state index is -2.83. The number of hydrogen-bond donors (Lipinski definition) is 1. The van der Waals surface area contributed by atoms with E-state index in [0.29, 0.717) is 12.1 Å². The van der Waals surface area contributed by atoms with Crippen molar-refractivity contribution in [3.05, 3.63) is 29.8 Å². The topological polar surface area (TPSA) is 29.1 Å². The Bertz CT molecular complexity index is 326. The molecule has 0 aliphatic rings. The summed E-state index contributed by atoms with van der Waals surface area (Å²) in [5, 5.41) is 2.33. The number of carbonyl (C=O) groups is 1. The van der Waals surface area contributed by atoms with Gasteiger partial charge in [0.25, 0.3) is 5.92 Å². The number of anilines is 1. The maximum absolute atomic E-state index is 13.2. The molecule has 0 saturated carbocycles. The lowest BCUT2D eigenvalue weighted by molar-refractivity contribution is -0.105. The molecule has 0 unspecified atom stereocenters. The molecule has 1 amide bonds. The Hall–Kier alpha value is -1.45. The van der Waals surface area contributed by atoms with Crippen LogP contribution in [-0.2, 0) is 10.7 Å². The molecule has 1 rings (SSSR count). The van der Waals surface area contributed by atoms with Crippen LogP contribution in [0.3, 0.4) is 0 Å². The lowest BCUT2D eigenvalue weighted by atomic mass is 10.1. The molecular weight excluding hydrogens is 188 g/mol. The minimum absolute atomic E-state index is 0.0770. The van der Waals surface area contributed by atoms with Gasteiger partial charge in [-0.2, -0.15) is 0 Å². The van der Waals surface area contributed by atoms with Crippen molar-refractivity contribution in [2.24, 2.45) is 0 Å². The van der Waals surface area contributed by atoms with E-state index in [0.717, 1.165) is 0 Å². The van der Waals surface area contributed by atoms with E-state index >= 15 is 0 Å². The standard InChI is InChI=1S/C10H11F2NO/c1-2-10(11,12)8-4-3-5-9(6-8)13-7-14/h3-7H,2H2,1H3,(H,13,14). The number of carbonyl (C=O) groups excluding carboxylic acids is 1. The van der Waals surface area contributed by atoms with Gasteiger partial charge in [0, 0.05) is 17.7 Å². The molecule has 0 aliphatic heterocycles. The Kier molecular flexibility index (Phi) is 3.17. The molecule has 0 heterocycles. The average Bonchev–Trinajstić information content (AvgIpc) is 2.19. The van der Waals surface area contributed by atoms with Gasteiger partial charge in [-0.3, -0.25) is 4.79 Å².